The molecule has 90 valence electrons. The van der Waals surface area contributed by atoms with Gasteiger partial charge in [0, 0.05) is 17.2 Å². The lowest BCUT2D eigenvalue weighted by atomic mass is 9.67. The van der Waals surface area contributed by atoms with Crippen molar-refractivity contribution in [1.29, 1.82) is 0 Å². The molecule has 16 heavy (non-hydrogen) atoms. The van der Waals surface area contributed by atoms with Crippen molar-refractivity contribution in [2.75, 3.05) is 5.73 Å². The van der Waals surface area contributed by atoms with Crippen molar-refractivity contribution in [3.8, 4) is 0 Å². The number of nitrogen functional groups attached to an aromatic ring is 1. The number of hydrogen-bond donors (Lipinski definition) is 2. The fourth-order valence-electron chi connectivity index (χ4n) is 3.08. The highest BCUT2D eigenvalue weighted by Crippen LogP contribution is 2.47. The summed E-state index contributed by atoms with van der Waals surface area (Å²) in [6.45, 7) is 6.89. The van der Waals surface area contributed by atoms with Crippen molar-refractivity contribution in [3.63, 3.8) is 0 Å². The Balaban J connectivity index is 2.35. The molecule has 0 amide bonds. The molecule has 3 N–H and O–H groups in total. The predicted octanol–water partition coefficient (Wildman–Crippen LogP) is 3.24. The monoisotopic (exact) mass is 221 g/mol. The number of hydrogen-bond acceptors (Lipinski definition) is 2. The van der Waals surface area contributed by atoms with Gasteiger partial charge in [0.25, 0.3) is 0 Å². The first kappa shape index (κ1) is 11.5. The van der Waals surface area contributed by atoms with Gasteiger partial charge in [-0.2, -0.15) is 5.10 Å². The summed E-state index contributed by atoms with van der Waals surface area (Å²) in [6, 6.07) is 0. The topological polar surface area (TPSA) is 54.7 Å². The molecule has 0 aliphatic heterocycles. The molecule has 0 radical (unpaired) electrons. The smallest absolute Gasteiger partial charge is 0.148 e. The molecule has 1 aromatic heterocycles. The third-order valence-electron chi connectivity index (χ3n) is 4.14. The first-order chi connectivity index (χ1) is 7.56. The Morgan fingerprint density at radius 3 is 2.81 bits per heavy atom. The largest absolute Gasteiger partial charge is 0.382 e. The SMILES string of the molecule is CCc1c(N)n[nH]c1C1CCCCC1(C)C. The van der Waals surface area contributed by atoms with Gasteiger partial charge in [0.2, 0.25) is 0 Å². The first-order valence-corrected chi connectivity index (χ1v) is 6.39. The normalized spacial score (nSPS) is 24.6. The molecule has 1 aliphatic carbocycles. The van der Waals surface area contributed by atoms with E-state index in [1.807, 2.05) is 0 Å². The standard InChI is InChI=1S/C13H23N3/c1-4-9-11(15-16-12(9)14)10-7-5-6-8-13(10,2)3/h10H,4-8H2,1-3H3,(H3,14,15,16). The maximum Gasteiger partial charge on any atom is 0.148 e. The van der Waals surface area contributed by atoms with Gasteiger partial charge in [-0.1, -0.05) is 33.6 Å². The number of nitrogens with one attached hydrogen (secondary N) is 1. The summed E-state index contributed by atoms with van der Waals surface area (Å²) in [6.07, 6.45) is 6.23. The van der Waals surface area contributed by atoms with Gasteiger partial charge < -0.3 is 5.73 Å². The quantitative estimate of drug-likeness (QED) is 0.805. The van der Waals surface area contributed by atoms with Gasteiger partial charge in [0.15, 0.2) is 0 Å². The zero-order valence-corrected chi connectivity index (χ0v) is 10.6. The molecule has 0 spiro atoms. The number of aromatic amines is 1. The summed E-state index contributed by atoms with van der Waals surface area (Å²) < 4.78 is 0. The molecule has 3 heteroatoms. The molecule has 1 atom stereocenters. The van der Waals surface area contributed by atoms with Gasteiger partial charge in [0.05, 0.1) is 0 Å². The Labute approximate surface area is 97.8 Å². The average Bonchev–Trinajstić information content (AvgIpc) is 2.58. The molecule has 1 saturated carbocycles. The minimum absolute atomic E-state index is 0.376. The summed E-state index contributed by atoms with van der Waals surface area (Å²) >= 11 is 0. The molecular formula is C13H23N3. The van der Waals surface area contributed by atoms with Crippen LogP contribution >= 0.6 is 0 Å². The van der Waals surface area contributed by atoms with Gasteiger partial charge in [-0.25, -0.2) is 0 Å². The second kappa shape index (κ2) is 4.11. The summed E-state index contributed by atoms with van der Waals surface area (Å²) in [5.74, 6) is 1.29. The molecule has 1 fully saturated rings. The lowest BCUT2D eigenvalue weighted by molar-refractivity contribution is 0.195. The summed E-state index contributed by atoms with van der Waals surface area (Å²) in [5, 5.41) is 7.36. The number of anilines is 1. The van der Waals surface area contributed by atoms with E-state index in [0.717, 1.165) is 6.42 Å². The molecule has 1 aliphatic rings. The molecule has 3 nitrogen and oxygen atoms in total. The fourth-order valence-corrected chi connectivity index (χ4v) is 3.08. The predicted molar refractivity (Wildman–Crippen MR) is 67.4 cm³/mol. The number of H-pyrrole nitrogens is 1. The van der Waals surface area contributed by atoms with Crippen LogP contribution in [-0.2, 0) is 6.42 Å². The molecular weight excluding hydrogens is 198 g/mol. The molecule has 1 aromatic rings. The molecule has 2 rings (SSSR count). The van der Waals surface area contributed by atoms with Crippen LogP contribution < -0.4 is 5.73 Å². The second-order valence-electron chi connectivity index (χ2n) is 5.64. The van der Waals surface area contributed by atoms with E-state index in [2.05, 4.69) is 31.0 Å². The second-order valence-corrected chi connectivity index (χ2v) is 5.64. The average molecular weight is 221 g/mol. The van der Waals surface area contributed by atoms with Crippen LogP contribution in [-0.4, -0.2) is 10.2 Å². The van der Waals surface area contributed by atoms with E-state index in [0.29, 0.717) is 17.2 Å². The van der Waals surface area contributed by atoms with Crippen molar-refractivity contribution in [1.82, 2.24) is 10.2 Å². The summed E-state index contributed by atoms with van der Waals surface area (Å²) in [4.78, 5) is 0. The Hall–Kier alpha value is -0.990. The highest BCUT2D eigenvalue weighted by molar-refractivity contribution is 5.43. The van der Waals surface area contributed by atoms with Gasteiger partial charge >= 0.3 is 0 Å². The van der Waals surface area contributed by atoms with Gasteiger partial charge in [-0.15, -0.1) is 0 Å². The Morgan fingerprint density at radius 1 is 1.44 bits per heavy atom. The van der Waals surface area contributed by atoms with Gasteiger partial charge in [-0.3, -0.25) is 5.10 Å². The van der Waals surface area contributed by atoms with E-state index in [-0.39, 0.29) is 0 Å². The van der Waals surface area contributed by atoms with Gasteiger partial charge in [-0.05, 0) is 24.7 Å². The highest BCUT2D eigenvalue weighted by Gasteiger charge is 2.35. The maximum absolute atomic E-state index is 5.90. The van der Waals surface area contributed by atoms with Crippen molar-refractivity contribution in [3.05, 3.63) is 11.3 Å². The minimum atomic E-state index is 0.376. The fraction of sp³-hybridized carbons (Fsp3) is 0.769. The molecule has 1 unspecified atom stereocenters. The molecule has 0 bridgehead atoms. The molecule has 0 saturated heterocycles. The lowest BCUT2D eigenvalue weighted by Gasteiger charge is -2.38. The van der Waals surface area contributed by atoms with Crippen molar-refractivity contribution >= 4 is 5.82 Å². The highest BCUT2D eigenvalue weighted by atomic mass is 15.2. The van der Waals surface area contributed by atoms with Crippen molar-refractivity contribution in [2.24, 2.45) is 5.41 Å². The third-order valence-corrected chi connectivity index (χ3v) is 4.14. The van der Waals surface area contributed by atoms with Crippen LogP contribution in [0.25, 0.3) is 0 Å². The molecule has 1 heterocycles. The summed E-state index contributed by atoms with van der Waals surface area (Å²) in [7, 11) is 0. The van der Waals surface area contributed by atoms with Crippen LogP contribution in [0.1, 0.15) is 63.6 Å². The Kier molecular flexibility index (Phi) is 2.96. The molecule has 0 aromatic carbocycles. The number of rotatable bonds is 2. The zero-order chi connectivity index (χ0) is 11.8. The number of nitrogens with zero attached hydrogens (tertiary/aromatic N) is 1. The zero-order valence-electron chi connectivity index (χ0n) is 10.6. The van der Waals surface area contributed by atoms with E-state index in [1.165, 1.54) is 36.9 Å². The van der Waals surface area contributed by atoms with Crippen molar-refractivity contribution < 1.29 is 0 Å². The number of aromatic nitrogens is 2. The van der Waals surface area contributed by atoms with E-state index >= 15 is 0 Å². The Morgan fingerprint density at radius 2 is 2.19 bits per heavy atom. The first-order valence-electron chi connectivity index (χ1n) is 6.39. The van der Waals surface area contributed by atoms with E-state index < -0.39 is 0 Å². The Bertz CT molecular complexity index is 365. The number of nitrogens with two attached hydrogens (primary N) is 1. The van der Waals surface area contributed by atoms with Crippen LogP contribution in [0.2, 0.25) is 0 Å². The lowest BCUT2D eigenvalue weighted by Crippen LogP contribution is -2.27. The minimum Gasteiger partial charge on any atom is -0.382 e. The van der Waals surface area contributed by atoms with Crippen LogP contribution in [0.15, 0.2) is 0 Å². The summed E-state index contributed by atoms with van der Waals surface area (Å²) in [5.41, 5.74) is 8.81. The van der Waals surface area contributed by atoms with Crippen LogP contribution in [0.5, 0.6) is 0 Å². The van der Waals surface area contributed by atoms with E-state index in [4.69, 9.17) is 5.73 Å². The van der Waals surface area contributed by atoms with Gasteiger partial charge in [0.1, 0.15) is 5.82 Å². The van der Waals surface area contributed by atoms with Crippen molar-refractivity contribution in [2.45, 2.75) is 58.8 Å². The third kappa shape index (κ3) is 1.83. The van der Waals surface area contributed by atoms with Crippen LogP contribution in [0, 0.1) is 5.41 Å². The van der Waals surface area contributed by atoms with Crippen LogP contribution in [0.3, 0.4) is 0 Å². The maximum atomic E-state index is 5.90. The van der Waals surface area contributed by atoms with E-state index in [9.17, 15) is 0 Å². The van der Waals surface area contributed by atoms with E-state index in [1.54, 1.807) is 0 Å². The van der Waals surface area contributed by atoms with Crippen LogP contribution in [0.4, 0.5) is 5.82 Å².